The molecule has 7 aromatic rings. The summed E-state index contributed by atoms with van der Waals surface area (Å²) in [6.07, 6.45) is 2.70. The number of hydrogen-bond donors (Lipinski definition) is 1. The molecule has 7 rings (SSSR count). The van der Waals surface area contributed by atoms with Crippen molar-refractivity contribution < 1.29 is 5.11 Å². The second-order valence-corrected chi connectivity index (χ2v) is 12.0. The summed E-state index contributed by atoms with van der Waals surface area (Å²) in [7, 11) is 0. The predicted molar refractivity (Wildman–Crippen MR) is 191 cm³/mol. The third kappa shape index (κ3) is 6.06. The van der Waals surface area contributed by atoms with E-state index in [1.165, 1.54) is 11.1 Å². The molecule has 0 unspecified atom stereocenters. The molecule has 0 aliphatic carbocycles. The van der Waals surface area contributed by atoms with E-state index >= 15 is 0 Å². The van der Waals surface area contributed by atoms with Gasteiger partial charge in [0.05, 0.1) is 12.3 Å². The van der Waals surface area contributed by atoms with Crippen molar-refractivity contribution in [1.29, 1.82) is 0 Å². The lowest BCUT2D eigenvalue weighted by molar-refractivity contribution is 0.277. The lowest BCUT2D eigenvalue weighted by Gasteiger charge is -2.22. The number of unbranched alkanes of at least 4 members (excludes halogenated alkanes) is 1. The summed E-state index contributed by atoms with van der Waals surface area (Å²) in [4.78, 5) is 4.70. The Morgan fingerprint density at radius 1 is 0.750 bits per heavy atom. The molecule has 8 heteroatoms. The molecular formula is C40H35ClN6O. The summed E-state index contributed by atoms with van der Waals surface area (Å²) in [5.74, 6) is 1.35. The molecule has 48 heavy (non-hydrogen) atoms. The fourth-order valence-corrected chi connectivity index (χ4v) is 6.67. The zero-order chi connectivity index (χ0) is 32.9. The highest BCUT2D eigenvalue weighted by Crippen LogP contribution is 2.39. The molecule has 1 N–H and O–H groups in total. The Balaban J connectivity index is 1.44. The third-order valence-electron chi connectivity index (χ3n) is 8.66. The fraction of sp³-hybridized carbons (Fsp3) is 0.150. The number of aliphatic hydroxyl groups excluding tert-OH is 1. The number of hydrogen-bond acceptors (Lipinski definition) is 5. The maximum atomic E-state index is 10.0. The van der Waals surface area contributed by atoms with Gasteiger partial charge in [-0.2, -0.15) is 4.68 Å². The molecule has 0 fully saturated rings. The Kier molecular flexibility index (Phi) is 9.23. The Morgan fingerprint density at radius 2 is 1.40 bits per heavy atom. The zero-order valence-electron chi connectivity index (χ0n) is 26.6. The molecule has 2 heterocycles. The number of aromatic nitrogens is 6. The summed E-state index contributed by atoms with van der Waals surface area (Å²) in [6, 6.07) is 45.8. The van der Waals surface area contributed by atoms with Crippen LogP contribution in [0.1, 0.15) is 53.9 Å². The number of tetrazole rings is 1. The quantitative estimate of drug-likeness (QED) is 0.141. The third-order valence-corrected chi connectivity index (χ3v) is 9.05. The average Bonchev–Trinajstić information content (AvgIpc) is 3.76. The smallest absolute Gasteiger partial charge is 0.187 e. The van der Waals surface area contributed by atoms with E-state index in [1.54, 1.807) is 0 Å². The second kappa shape index (κ2) is 14.2. The number of rotatable bonds is 11. The van der Waals surface area contributed by atoms with Crippen LogP contribution in [0.15, 0.2) is 133 Å². The van der Waals surface area contributed by atoms with Crippen molar-refractivity contribution in [3.05, 3.63) is 167 Å². The average molecular weight is 651 g/mol. The van der Waals surface area contributed by atoms with Crippen molar-refractivity contribution in [3.8, 4) is 33.9 Å². The van der Waals surface area contributed by atoms with Gasteiger partial charge >= 0.3 is 0 Å². The largest absolute Gasteiger partial charge is 0.390 e. The van der Waals surface area contributed by atoms with Crippen LogP contribution in [0.2, 0.25) is 5.15 Å². The van der Waals surface area contributed by atoms with Crippen molar-refractivity contribution in [1.82, 2.24) is 29.8 Å². The summed E-state index contributed by atoms with van der Waals surface area (Å²) < 4.78 is 3.77. The van der Waals surface area contributed by atoms with Crippen molar-refractivity contribution >= 4 is 11.6 Å². The SMILES string of the molecule is CCCCc1nc(CO)c(Cl)n1-c1ccc(-c2ccccc2)c(-c2nnnn2-c2ccccc2C(c2ccccc2)c2ccccc2)c1. The summed E-state index contributed by atoms with van der Waals surface area (Å²) in [5.41, 5.74) is 8.44. The van der Waals surface area contributed by atoms with Gasteiger partial charge in [-0.3, -0.25) is 4.57 Å². The first-order valence-corrected chi connectivity index (χ1v) is 16.6. The zero-order valence-corrected chi connectivity index (χ0v) is 27.4. The summed E-state index contributed by atoms with van der Waals surface area (Å²) >= 11 is 6.87. The van der Waals surface area contributed by atoms with Crippen LogP contribution in [0.5, 0.6) is 0 Å². The fourth-order valence-electron chi connectivity index (χ4n) is 6.37. The van der Waals surface area contributed by atoms with Crippen LogP contribution in [-0.4, -0.2) is 34.9 Å². The number of imidazole rings is 1. The molecule has 0 amide bonds. The standard InChI is InChI=1S/C40H35ClN6O/c1-2-3-23-37-42-35(27-48)39(41)46(37)31-24-25-32(28-15-7-4-8-16-28)34(26-31)40-43-44-45-47(40)36-22-14-13-21-33(36)38(29-17-9-5-10-18-29)30-19-11-6-12-20-30/h4-22,24-26,38,48H,2-3,23,27H2,1H3. The van der Waals surface area contributed by atoms with Crippen molar-refractivity contribution in [2.24, 2.45) is 0 Å². The number of benzene rings is 5. The molecule has 0 aliphatic heterocycles. The number of halogens is 1. The number of aliphatic hydroxyl groups is 1. The van der Waals surface area contributed by atoms with Crippen LogP contribution in [0.25, 0.3) is 33.9 Å². The van der Waals surface area contributed by atoms with E-state index in [0.717, 1.165) is 58.7 Å². The molecule has 0 atom stereocenters. The normalized spacial score (nSPS) is 11.3. The van der Waals surface area contributed by atoms with Gasteiger partial charge in [-0.1, -0.05) is 140 Å². The minimum Gasteiger partial charge on any atom is -0.390 e. The summed E-state index contributed by atoms with van der Waals surface area (Å²) in [6.45, 7) is 1.91. The molecule has 0 bridgehead atoms. The van der Waals surface area contributed by atoms with Crippen LogP contribution in [-0.2, 0) is 13.0 Å². The Labute approximate surface area is 285 Å². The molecule has 238 valence electrons. The minimum absolute atomic E-state index is 0.0524. The Morgan fingerprint density at radius 3 is 2.06 bits per heavy atom. The van der Waals surface area contributed by atoms with Crippen LogP contribution >= 0.6 is 11.6 Å². The Hall–Kier alpha value is -5.37. The van der Waals surface area contributed by atoms with Gasteiger partial charge in [-0.25, -0.2) is 4.98 Å². The van der Waals surface area contributed by atoms with Crippen molar-refractivity contribution in [2.45, 2.75) is 38.7 Å². The highest BCUT2D eigenvalue weighted by atomic mass is 35.5. The van der Waals surface area contributed by atoms with Crippen LogP contribution in [0.3, 0.4) is 0 Å². The molecule has 5 aromatic carbocycles. The van der Waals surface area contributed by atoms with Gasteiger partial charge in [0.2, 0.25) is 0 Å². The molecule has 0 saturated heterocycles. The van der Waals surface area contributed by atoms with E-state index in [0.29, 0.717) is 16.7 Å². The van der Waals surface area contributed by atoms with Gasteiger partial charge in [0.1, 0.15) is 16.7 Å². The first-order chi connectivity index (χ1) is 23.7. The first-order valence-electron chi connectivity index (χ1n) is 16.2. The van der Waals surface area contributed by atoms with Crippen molar-refractivity contribution in [2.75, 3.05) is 0 Å². The summed E-state index contributed by atoms with van der Waals surface area (Å²) in [5, 5.41) is 23.9. The maximum Gasteiger partial charge on any atom is 0.187 e. The van der Waals surface area contributed by atoms with Gasteiger partial charge < -0.3 is 5.11 Å². The monoisotopic (exact) mass is 650 g/mol. The minimum atomic E-state index is -0.237. The molecule has 0 spiro atoms. The van der Waals surface area contributed by atoms with E-state index in [4.69, 9.17) is 16.6 Å². The molecule has 0 radical (unpaired) electrons. The first kappa shape index (κ1) is 31.2. The van der Waals surface area contributed by atoms with E-state index in [9.17, 15) is 5.11 Å². The molecule has 0 aliphatic rings. The van der Waals surface area contributed by atoms with Crippen molar-refractivity contribution in [3.63, 3.8) is 0 Å². The number of para-hydroxylation sites is 1. The highest BCUT2D eigenvalue weighted by molar-refractivity contribution is 6.30. The van der Waals surface area contributed by atoms with E-state index in [-0.39, 0.29) is 12.5 Å². The molecule has 7 nitrogen and oxygen atoms in total. The van der Waals surface area contributed by atoms with Gasteiger partial charge in [-0.05, 0) is 62.9 Å². The topological polar surface area (TPSA) is 81.7 Å². The van der Waals surface area contributed by atoms with Gasteiger partial charge in [0, 0.05) is 23.6 Å². The Bertz CT molecular complexity index is 2090. The lowest BCUT2D eigenvalue weighted by Crippen LogP contribution is -2.10. The maximum absolute atomic E-state index is 10.0. The predicted octanol–water partition coefficient (Wildman–Crippen LogP) is 8.85. The van der Waals surface area contributed by atoms with Gasteiger partial charge in [-0.15, -0.1) is 5.10 Å². The van der Waals surface area contributed by atoms with Crippen LogP contribution < -0.4 is 0 Å². The van der Waals surface area contributed by atoms with Crippen LogP contribution in [0.4, 0.5) is 0 Å². The van der Waals surface area contributed by atoms with Gasteiger partial charge in [0.25, 0.3) is 0 Å². The second-order valence-electron chi connectivity index (χ2n) is 11.7. The number of aryl methyl sites for hydroxylation is 1. The molecular weight excluding hydrogens is 616 g/mol. The van der Waals surface area contributed by atoms with Gasteiger partial charge in [0.15, 0.2) is 5.82 Å². The number of nitrogens with zero attached hydrogens (tertiary/aromatic N) is 6. The van der Waals surface area contributed by atoms with E-state index in [1.807, 2.05) is 51.7 Å². The highest BCUT2D eigenvalue weighted by Gasteiger charge is 2.25. The lowest BCUT2D eigenvalue weighted by atomic mass is 9.84. The van der Waals surface area contributed by atoms with Crippen LogP contribution in [0, 0.1) is 0 Å². The van der Waals surface area contributed by atoms with E-state index in [2.05, 4.69) is 113 Å². The van der Waals surface area contributed by atoms with E-state index < -0.39 is 0 Å². The molecule has 0 saturated carbocycles. The molecule has 2 aromatic heterocycles.